The van der Waals surface area contributed by atoms with Crippen molar-refractivity contribution < 1.29 is 24.2 Å². The average molecular weight is 439 g/mol. The molecule has 0 bridgehead atoms. The number of carbonyl (C=O) groups excluding carboxylic acids is 1. The summed E-state index contributed by atoms with van der Waals surface area (Å²) in [6.07, 6.45) is 5.24. The van der Waals surface area contributed by atoms with Crippen LogP contribution < -0.4 is 20.1 Å². The molecule has 2 aliphatic rings. The lowest BCUT2D eigenvalue weighted by Gasteiger charge is -2.17. The molecular weight excluding hydrogens is 418 g/mol. The monoisotopic (exact) mass is 439 g/mol. The number of nitrogens with zero attached hydrogens (tertiary/aromatic N) is 5. The summed E-state index contributed by atoms with van der Waals surface area (Å²) in [6, 6.07) is 6.69. The van der Waals surface area contributed by atoms with Gasteiger partial charge in [-0.2, -0.15) is 0 Å². The van der Waals surface area contributed by atoms with Gasteiger partial charge in [0.25, 0.3) is 5.91 Å². The maximum Gasteiger partial charge on any atom is 0.350 e. The van der Waals surface area contributed by atoms with E-state index in [1.54, 1.807) is 30.5 Å². The first-order valence-corrected chi connectivity index (χ1v) is 10.4. The first-order valence-electron chi connectivity index (χ1n) is 10.4. The second-order valence-corrected chi connectivity index (χ2v) is 7.92. The minimum absolute atomic E-state index is 0.232. The molecule has 166 valence electrons. The highest BCUT2D eigenvalue weighted by atomic mass is 16.5. The van der Waals surface area contributed by atoms with Crippen LogP contribution in [0.25, 0.3) is 5.65 Å². The summed E-state index contributed by atoms with van der Waals surface area (Å²) in [5, 5.41) is 12.9. The minimum Gasteiger partial charge on any atom is -0.480 e. The standard InChI is InChI=1S/C21H21N5O6/c27-19(28)11-26-21(30)25-10-14(3-5-17(25)23-26)24-8-7-16(20(24)29)32-15-4-6-18(22-9-15)31-12-13-1-2-13/h3-6,9-10,13,16H,1-2,7-8,11-12H2,(H,27,28). The molecule has 11 nitrogen and oxygen atoms in total. The third-order valence-electron chi connectivity index (χ3n) is 5.47. The van der Waals surface area contributed by atoms with Crippen LogP contribution in [0.1, 0.15) is 19.3 Å². The molecule has 3 aromatic rings. The van der Waals surface area contributed by atoms with E-state index in [1.165, 1.54) is 28.3 Å². The lowest BCUT2D eigenvalue weighted by molar-refractivity contribution is -0.138. The van der Waals surface area contributed by atoms with Gasteiger partial charge in [-0.1, -0.05) is 0 Å². The van der Waals surface area contributed by atoms with Gasteiger partial charge in [0.15, 0.2) is 11.8 Å². The van der Waals surface area contributed by atoms with Crippen molar-refractivity contribution >= 4 is 23.2 Å². The van der Waals surface area contributed by atoms with E-state index in [0.29, 0.717) is 48.5 Å². The van der Waals surface area contributed by atoms with Crippen molar-refractivity contribution in [3.05, 3.63) is 47.1 Å². The van der Waals surface area contributed by atoms with E-state index in [0.717, 1.165) is 4.68 Å². The fraction of sp³-hybridized carbons (Fsp3) is 0.381. The van der Waals surface area contributed by atoms with E-state index < -0.39 is 24.3 Å². The first-order chi connectivity index (χ1) is 15.5. The Morgan fingerprint density at radius 3 is 2.72 bits per heavy atom. The van der Waals surface area contributed by atoms with Crippen LogP contribution in [0.4, 0.5) is 5.69 Å². The van der Waals surface area contributed by atoms with Gasteiger partial charge >= 0.3 is 11.7 Å². The fourth-order valence-corrected chi connectivity index (χ4v) is 3.59. The molecule has 1 aliphatic carbocycles. The number of fused-ring (bicyclic) bond motifs is 1. The number of anilines is 1. The number of rotatable bonds is 8. The van der Waals surface area contributed by atoms with E-state index >= 15 is 0 Å². The Bertz CT molecular complexity index is 1230. The largest absolute Gasteiger partial charge is 0.480 e. The summed E-state index contributed by atoms with van der Waals surface area (Å²) in [5.41, 5.74) is 0.223. The van der Waals surface area contributed by atoms with Gasteiger partial charge in [0.1, 0.15) is 12.3 Å². The molecular formula is C21H21N5O6. The number of hydrogen-bond donors (Lipinski definition) is 1. The Kier molecular flexibility index (Phi) is 5.00. The molecule has 0 spiro atoms. The molecule has 1 atom stereocenters. The van der Waals surface area contributed by atoms with Gasteiger partial charge in [-0.25, -0.2) is 18.9 Å². The minimum atomic E-state index is -1.16. The van der Waals surface area contributed by atoms with Gasteiger partial charge in [-0.3, -0.25) is 9.59 Å². The molecule has 1 unspecified atom stereocenters. The zero-order valence-electron chi connectivity index (χ0n) is 17.1. The number of ether oxygens (including phenoxy) is 2. The van der Waals surface area contributed by atoms with Crippen LogP contribution in [0.5, 0.6) is 11.6 Å². The van der Waals surface area contributed by atoms with Crippen molar-refractivity contribution in [3.8, 4) is 11.6 Å². The topological polar surface area (TPSA) is 128 Å². The van der Waals surface area contributed by atoms with E-state index in [9.17, 15) is 14.4 Å². The Morgan fingerprint density at radius 2 is 2.00 bits per heavy atom. The van der Waals surface area contributed by atoms with E-state index in [4.69, 9.17) is 14.6 Å². The summed E-state index contributed by atoms with van der Waals surface area (Å²) in [7, 11) is 0. The quantitative estimate of drug-likeness (QED) is 0.549. The van der Waals surface area contributed by atoms with E-state index in [-0.39, 0.29) is 5.91 Å². The molecule has 11 heteroatoms. The second kappa shape index (κ2) is 7.98. The number of amides is 1. The maximum atomic E-state index is 12.9. The van der Waals surface area contributed by atoms with E-state index in [1.807, 2.05) is 0 Å². The summed E-state index contributed by atoms with van der Waals surface area (Å²) in [4.78, 5) is 41.9. The number of aromatic nitrogens is 4. The van der Waals surface area contributed by atoms with Crippen molar-refractivity contribution in [2.24, 2.45) is 5.92 Å². The molecule has 1 saturated carbocycles. The molecule has 1 aliphatic heterocycles. The first kappa shape index (κ1) is 20.0. The molecule has 1 amide bonds. The van der Waals surface area contributed by atoms with Gasteiger partial charge in [0.2, 0.25) is 5.88 Å². The van der Waals surface area contributed by atoms with Gasteiger partial charge in [-0.05, 0) is 37.0 Å². The lowest BCUT2D eigenvalue weighted by Crippen LogP contribution is -2.32. The number of pyridine rings is 2. The van der Waals surface area contributed by atoms with Crippen molar-refractivity contribution in [2.75, 3.05) is 18.1 Å². The molecule has 3 aromatic heterocycles. The smallest absolute Gasteiger partial charge is 0.350 e. The van der Waals surface area contributed by atoms with E-state index in [2.05, 4.69) is 10.1 Å². The third kappa shape index (κ3) is 4.01. The highest BCUT2D eigenvalue weighted by Gasteiger charge is 2.34. The summed E-state index contributed by atoms with van der Waals surface area (Å²) < 4.78 is 13.5. The molecule has 0 radical (unpaired) electrons. The van der Waals surface area contributed by atoms with Crippen molar-refractivity contribution in [1.29, 1.82) is 0 Å². The van der Waals surface area contributed by atoms with Crippen LogP contribution in [0.15, 0.2) is 41.5 Å². The molecule has 1 saturated heterocycles. The molecule has 1 N–H and O–H groups in total. The Labute approximate surface area is 181 Å². The predicted molar refractivity (Wildman–Crippen MR) is 111 cm³/mol. The summed E-state index contributed by atoms with van der Waals surface area (Å²) >= 11 is 0. The highest BCUT2D eigenvalue weighted by Crippen LogP contribution is 2.29. The zero-order valence-corrected chi connectivity index (χ0v) is 17.1. The van der Waals surface area contributed by atoms with Gasteiger partial charge in [0.05, 0.1) is 18.5 Å². The molecule has 0 aromatic carbocycles. The number of aliphatic carboxylic acids is 1. The van der Waals surface area contributed by atoms with Crippen molar-refractivity contribution in [1.82, 2.24) is 19.2 Å². The Hall–Kier alpha value is -3.89. The fourth-order valence-electron chi connectivity index (χ4n) is 3.59. The van der Waals surface area contributed by atoms with Crippen LogP contribution >= 0.6 is 0 Å². The molecule has 2 fully saturated rings. The number of carboxylic acid groups (broad SMARTS) is 1. The lowest BCUT2D eigenvalue weighted by atomic mass is 10.3. The molecule has 4 heterocycles. The third-order valence-corrected chi connectivity index (χ3v) is 5.47. The number of carbonyl (C=O) groups is 2. The predicted octanol–water partition coefficient (Wildman–Crippen LogP) is 0.949. The molecule has 5 rings (SSSR count). The van der Waals surface area contributed by atoms with Crippen molar-refractivity contribution in [3.63, 3.8) is 0 Å². The summed E-state index contributed by atoms with van der Waals surface area (Å²) in [6.45, 7) is 0.557. The van der Waals surface area contributed by atoms with Gasteiger partial charge in [-0.15, -0.1) is 5.10 Å². The van der Waals surface area contributed by atoms with Gasteiger partial charge in [0, 0.05) is 25.2 Å². The highest BCUT2D eigenvalue weighted by molar-refractivity contribution is 5.99. The summed E-state index contributed by atoms with van der Waals surface area (Å²) in [5.74, 6) is 0.250. The SMILES string of the molecule is O=C(O)Cn1nc2ccc(N3CCC(Oc4ccc(OCC5CC5)nc4)C3=O)cn2c1=O. The van der Waals surface area contributed by atoms with Crippen LogP contribution in [-0.4, -0.2) is 55.4 Å². The van der Waals surface area contributed by atoms with Crippen LogP contribution in [0.3, 0.4) is 0 Å². The van der Waals surface area contributed by atoms with Crippen LogP contribution in [0, 0.1) is 5.92 Å². The maximum absolute atomic E-state index is 12.9. The Balaban J connectivity index is 1.27. The van der Waals surface area contributed by atoms with Crippen LogP contribution in [0.2, 0.25) is 0 Å². The van der Waals surface area contributed by atoms with Crippen molar-refractivity contribution in [2.45, 2.75) is 31.9 Å². The van der Waals surface area contributed by atoms with Crippen LogP contribution in [-0.2, 0) is 16.1 Å². The molecule has 32 heavy (non-hydrogen) atoms. The number of carboxylic acids is 1. The normalized spacial score (nSPS) is 18.3. The second-order valence-electron chi connectivity index (χ2n) is 7.92. The Morgan fingerprint density at radius 1 is 1.16 bits per heavy atom. The zero-order chi connectivity index (χ0) is 22.2. The average Bonchev–Trinajstić information content (AvgIpc) is 3.48. The number of hydrogen-bond acceptors (Lipinski definition) is 7. The van der Waals surface area contributed by atoms with Gasteiger partial charge < -0.3 is 19.5 Å².